The lowest BCUT2D eigenvalue weighted by molar-refractivity contribution is 0.434. The highest BCUT2D eigenvalue weighted by molar-refractivity contribution is 7.80. The molecular formula is C14H14ClN3OS. The van der Waals surface area contributed by atoms with Gasteiger partial charge in [-0.2, -0.15) is 4.98 Å². The maximum absolute atomic E-state index is 6.00. The number of aryl methyl sites for hydroxylation is 3. The van der Waals surface area contributed by atoms with Gasteiger partial charge in [0.2, 0.25) is 0 Å². The SMILES string of the molecule is Cc1cc(C(N)=S)nc(Oc2c(C)cc(Cl)cc2C)n1. The van der Waals surface area contributed by atoms with Gasteiger partial charge in [-0.15, -0.1) is 0 Å². The Balaban J connectivity index is 2.42. The molecule has 0 aliphatic heterocycles. The van der Waals surface area contributed by atoms with Gasteiger partial charge in [0.05, 0.1) is 0 Å². The van der Waals surface area contributed by atoms with Gasteiger partial charge in [0.15, 0.2) is 0 Å². The molecule has 0 saturated heterocycles. The fourth-order valence-electron chi connectivity index (χ4n) is 1.86. The molecule has 104 valence electrons. The molecule has 0 radical (unpaired) electrons. The largest absolute Gasteiger partial charge is 0.424 e. The second kappa shape index (κ2) is 5.73. The predicted molar refractivity (Wildman–Crippen MR) is 83.7 cm³/mol. The number of hydrogen-bond acceptors (Lipinski definition) is 4. The van der Waals surface area contributed by atoms with Crippen molar-refractivity contribution in [3.05, 3.63) is 45.7 Å². The highest BCUT2D eigenvalue weighted by atomic mass is 35.5. The predicted octanol–water partition coefficient (Wildman–Crippen LogP) is 3.48. The Morgan fingerprint density at radius 1 is 1.15 bits per heavy atom. The van der Waals surface area contributed by atoms with E-state index in [0.717, 1.165) is 16.8 Å². The van der Waals surface area contributed by atoms with Crippen LogP contribution in [0.3, 0.4) is 0 Å². The average Bonchev–Trinajstić information content (AvgIpc) is 2.33. The van der Waals surface area contributed by atoms with Crippen LogP contribution in [0.15, 0.2) is 18.2 Å². The maximum atomic E-state index is 6.00. The highest BCUT2D eigenvalue weighted by Crippen LogP contribution is 2.30. The summed E-state index contributed by atoms with van der Waals surface area (Å²) in [5, 5.41) is 0.668. The quantitative estimate of drug-likeness (QED) is 0.880. The molecule has 0 saturated carbocycles. The summed E-state index contributed by atoms with van der Waals surface area (Å²) in [6, 6.07) is 5.60. The van der Waals surface area contributed by atoms with Crippen LogP contribution in [-0.2, 0) is 0 Å². The summed E-state index contributed by atoms with van der Waals surface area (Å²) < 4.78 is 5.77. The molecule has 2 N–H and O–H groups in total. The van der Waals surface area contributed by atoms with Crippen LogP contribution in [-0.4, -0.2) is 15.0 Å². The molecule has 1 aromatic carbocycles. The minimum Gasteiger partial charge on any atom is -0.424 e. The summed E-state index contributed by atoms with van der Waals surface area (Å²) in [6.45, 7) is 5.66. The fraction of sp³-hybridized carbons (Fsp3) is 0.214. The number of thiocarbonyl (C=S) groups is 1. The van der Waals surface area contributed by atoms with E-state index < -0.39 is 0 Å². The summed E-state index contributed by atoms with van der Waals surface area (Å²) in [7, 11) is 0. The average molecular weight is 308 g/mol. The van der Waals surface area contributed by atoms with Gasteiger partial charge in [-0.3, -0.25) is 0 Å². The van der Waals surface area contributed by atoms with Gasteiger partial charge in [-0.05, 0) is 50.1 Å². The van der Waals surface area contributed by atoms with E-state index in [1.165, 1.54) is 0 Å². The molecule has 0 spiro atoms. The van der Waals surface area contributed by atoms with Crippen molar-refractivity contribution in [1.82, 2.24) is 9.97 Å². The molecule has 0 atom stereocenters. The van der Waals surface area contributed by atoms with Crippen molar-refractivity contribution < 1.29 is 4.74 Å². The zero-order valence-corrected chi connectivity index (χ0v) is 13.0. The molecule has 1 aromatic heterocycles. The first-order valence-electron chi connectivity index (χ1n) is 5.97. The number of benzene rings is 1. The minimum absolute atomic E-state index is 0.213. The van der Waals surface area contributed by atoms with Crippen molar-refractivity contribution in [3.63, 3.8) is 0 Å². The molecule has 2 aromatic rings. The number of nitrogens with zero attached hydrogens (tertiary/aromatic N) is 2. The Morgan fingerprint density at radius 3 is 2.30 bits per heavy atom. The van der Waals surface area contributed by atoms with E-state index in [4.69, 9.17) is 34.3 Å². The Bertz CT molecular complexity index is 665. The van der Waals surface area contributed by atoms with Crippen LogP contribution >= 0.6 is 23.8 Å². The van der Waals surface area contributed by atoms with Crippen LogP contribution < -0.4 is 10.5 Å². The van der Waals surface area contributed by atoms with E-state index in [1.54, 1.807) is 6.07 Å². The molecule has 4 nitrogen and oxygen atoms in total. The van der Waals surface area contributed by atoms with Crippen LogP contribution in [0, 0.1) is 20.8 Å². The van der Waals surface area contributed by atoms with Gasteiger partial charge < -0.3 is 10.5 Å². The van der Waals surface area contributed by atoms with Crippen molar-refractivity contribution in [2.24, 2.45) is 5.73 Å². The fourth-order valence-corrected chi connectivity index (χ4v) is 2.29. The lowest BCUT2D eigenvalue weighted by atomic mass is 10.1. The van der Waals surface area contributed by atoms with E-state index in [2.05, 4.69) is 9.97 Å². The van der Waals surface area contributed by atoms with Gasteiger partial charge in [-0.1, -0.05) is 23.8 Å². The number of hydrogen-bond donors (Lipinski definition) is 1. The minimum atomic E-state index is 0.213. The van der Waals surface area contributed by atoms with Crippen LogP contribution in [0.5, 0.6) is 11.8 Å². The standard InChI is InChI=1S/C14H14ClN3OS/c1-7-4-10(15)5-8(2)12(7)19-14-17-9(3)6-11(18-14)13(16)20/h4-6H,1-3H3,(H2,16,20). The molecule has 0 aliphatic rings. The van der Waals surface area contributed by atoms with Gasteiger partial charge >= 0.3 is 6.01 Å². The number of aromatic nitrogens is 2. The first kappa shape index (κ1) is 14.7. The maximum Gasteiger partial charge on any atom is 0.322 e. The van der Waals surface area contributed by atoms with E-state index in [-0.39, 0.29) is 11.0 Å². The molecule has 0 amide bonds. The zero-order valence-electron chi connectivity index (χ0n) is 11.4. The van der Waals surface area contributed by atoms with Gasteiger partial charge in [0, 0.05) is 10.7 Å². The lowest BCUT2D eigenvalue weighted by Crippen LogP contribution is -2.13. The van der Waals surface area contributed by atoms with Crippen molar-refractivity contribution in [2.45, 2.75) is 20.8 Å². The first-order chi connectivity index (χ1) is 9.36. The summed E-state index contributed by atoms with van der Waals surface area (Å²) in [5.74, 6) is 0.689. The van der Waals surface area contributed by atoms with Gasteiger partial charge in [-0.25, -0.2) is 4.98 Å². The molecule has 1 heterocycles. The number of rotatable bonds is 3. The van der Waals surface area contributed by atoms with Crippen molar-refractivity contribution in [2.75, 3.05) is 0 Å². The van der Waals surface area contributed by atoms with Gasteiger partial charge in [0.25, 0.3) is 0 Å². The number of halogens is 1. The molecule has 2 rings (SSSR count). The molecule has 0 unspecified atom stereocenters. The molecule has 0 fully saturated rings. The monoisotopic (exact) mass is 307 g/mol. The third kappa shape index (κ3) is 3.23. The van der Waals surface area contributed by atoms with Crippen molar-refractivity contribution in [3.8, 4) is 11.8 Å². The summed E-state index contributed by atoms with van der Waals surface area (Å²) in [5.41, 5.74) is 8.65. The van der Waals surface area contributed by atoms with Crippen molar-refractivity contribution >= 4 is 28.8 Å². The lowest BCUT2D eigenvalue weighted by Gasteiger charge is -2.12. The Hall–Kier alpha value is -1.72. The third-order valence-corrected chi connectivity index (χ3v) is 3.13. The first-order valence-corrected chi connectivity index (χ1v) is 6.75. The molecule has 20 heavy (non-hydrogen) atoms. The third-order valence-electron chi connectivity index (χ3n) is 2.70. The topological polar surface area (TPSA) is 61.0 Å². The van der Waals surface area contributed by atoms with Crippen molar-refractivity contribution in [1.29, 1.82) is 0 Å². The molecular weight excluding hydrogens is 294 g/mol. The van der Waals surface area contributed by atoms with E-state index in [0.29, 0.717) is 16.5 Å². The molecule has 0 aliphatic carbocycles. The molecule has 6 heteroatoms. The van der Waals surface area contributed by atoms with Gasteiger partial charge in [0.1, 0.15) is 16.4 Å². The van der Waals surface area contributed by atoms with Crippen LogP contribution in [0.2, 0.25) is 5.02 Å². The van der Waals surface area contributed by atoms with Crippen LogP contribution in [0.4, 0.5) is 0 Å². The smallest absolute Gasteiger partial charge is 0.322 e. The number of ether oxygens (including phenoxy) is 1. The Morgan fingerprint density at radius 2 is 1.75 bits per heavy atom. The zero-order chi connectivity index (χ0) is 14.9. The van der Waals surface area contributed by atoms with Crippen LogP contribution in [0.1, 0.15) is 22.5 Å². The normalized spacial score (nSPS) is 10.4. The number of nitrogens with two attached hydrogens (primary N) is 1. The Labute approximate surface area is 128 Å². The second-order valence-electron chi connectivity index (χ2n) is 4.51. The summed E-state index contributed by atoms with van der Waals surface area (Å²) in [6.07, 6.45) is 0. The second-order valence-corrected chi connectivity index (χ2v) is 5.39. The Kier molecular flexibility index (Phi) is 4.20. The van der Waals surface area contributed by atoms with Crippen LogP contribution in [0.25, 0.3) is 0 Å². The highest BCUT2D eigenvalue weighted by Gasteiger charge is 2.11. The summed E-state index contributed by atoms with van der Waals surface area (Å²) in [4.78, 5) is 8.65. The summed E-state index contributed by atoms with van der Waals surface area (Å²) >= 11 is 10.9. The van der Waals surface area contributed by atoms with E-state index in [1.807, 2.05) is 32.9 Å². The molecule has 0 bridgehead atoms. The van der Waals surface area contributed by atoms with E-state index in [9.17, 15) is 0 Å². The van der Waals surface area contributed by atoms with E-state index >= 15 is 0 Å².